The maximum atomic E-state index is 5.08. The average molecular weight is 263 g/mol. The molecule has 4 nitrogen and oxygen atoms in total. The molecule has 96 valence electrons. The molecule has 0 aromatic heterocycles. The Labute approximate surface area is 113 Å². The fourth-order valence-electron chi connectivity index (χ4n) is 1.21. The quantitative estimate of drug-likeness (QED) is 0.485. The van der Waals surface area contributed by atoms with Crippen molar-refractivity contribution in [2.45, 2.75) is 6.92 Å². The highest BCUT2D eigenvalue weighted by atomic mass is 32.1. The lowest BCUT2D eigenvalue weighted by Gasteiger charge is -2.01. The Hall–Kier alpha value is -1.88. The van der Waals surface area contributed by atoms with E-state index in [9.17, 15) is 0 Å². The third-order valence-electron chi connectivity index (χ3n) is 2.07. The van der Waals surface area contributed by atoms with Crippen LogP contribution in [0.4, 0.5) is 0 Å². The molecule has 0 fully saturated rings. The van der Waals surface area contributed by atoms with E-state index < -0.39 is 0 Å². The Morgan fingerprint density at radius 2 is 2.11 bits per heavy atom. The standard InChI is InChI=1S/C13H17N3OS/c1-3-14-13(18)16-15-10-4-5-11-6-8-12(17-2)9-7-11/h4-10H,3H2,1-2H3,(H2,14,16,18). The molecule has 1 rings (SSSR count). The number of hydrogen-bond acceptors (Lipinski definition) is 3. The normalized spacial score (nSPS) is 10.8. The monoisotopic (exact) mass is 263 g/mol. The highest BCUT2D eigenvalue weighted by Gasteiger charge is 1.89. The van der Waals surface area contributed by atoms with Crippen molar-refractivity contribution in [3.8, 4) is 5.75 Å². The minimum Gasteiger partial charge on any atom is -0.497 e. The SMILES string of the molecule is CCNC(=S)NN=CC=Cc1ccc(OC)cc1. The summed E-state index contributed by atoms with van der Waals surface area (Å²) in [5.74, 6) is 0.846. The molecule has 5 heteroatoms. The van der Waals surface area contributed by atoms with Gasteiger partial charge in [-0.2, -0.15) is 5.10 Å². The van der Waals surface area contributed by atoms with Gasteiger partial charge in [0.15, 0.2) is 5.11 Å². The number of ether oxygens (including phenoxy) is 1. The van der Waals surface area contributed by atoms with Crippen LogP contribution in [0.2, 0.25) is 0 Å². The van der Waals surface area contributed by atoms with E-state index in [-0.39, 0.29) is 0 Å². The molecule has 0 bridgehead atoms. The topological polar surface area (TPSA) is 45.7 Å². The van der Waals surface area contributed by atoms with E-state index in [1.807, 2.05) is 43.3 Å². The van der Waals surface area contributed by atoms with Crippen LogP contribution in [0.15, 0.2) is 35.4 Å². The first-order valence-electron chi connectivity index (χ1n) is 5.64. The van der Waals surface area contributed by atoms with E-state index in [1.165, 1.54) is 0 Å². The van der Waals surface area contributed by atoms with E-state index in [4.69, 9.17) is 17.0 Å². The van der Waals surface area contributed by atoms with Crippen LogP contribution in [-0.2, 0) is 0 Å². The van der Waals surface area contributed by atoms with Crippen molar-refractivity contribution in [1.82, 2.24) is 10.7 Å². The van der Waals surface area contributed by atoms with Crippen molar-refractivity contribution in [3.63, 3.8) is 0 Å². The summed E-state index contributed by atoms with van der Waals surface area (Å²) < 4.78 is 5.08. The first-order valence-corrected chi connectivity index (χ1v) is 6.04. The number of nitrogens with zero attached hydrogens (tertiary/aromatic N) is 1. The molecule has 2 N–H and O–H groups in total. The van der Waals surface area contributed by atoms with Crippen LogP contribution in [0.3, 0.4) is 0 Å². The number of hydrazone groups is 1. The van der Waals surface area contributed by atoms with Gasteiger partial charge in [-0.25, -0.2) is 0 Å². The predicted molar refractivity (Wildman–Crippen MR) is 79.9 cm³/mol. The number of thiocarbonyl (C=S) groups is 1. The Morgan fingerprint density at radius 3 is 2.72 bits per heavy atom. The lowest BCUT2D eigenvalue weighted by molar-refractivity contribution is 0.415. The molecule has 0 spiro atoms. The zero-order valence-electron chi connectivity index (χ0n) is 10.5. The van der Waals surface area contributed by atoms with Gasteiger partial charge in [-0.1, -0.05) is 18.2 Å². The van der Waals surface area contributed by atoms with Crippen LogP contribution in [0.1, 0.15) is 12.5 Å². The highest BCUT2D eigenvalue weighted by molar-refractivity contribution is 7.80. The molecular formula is C13H17N3OS. The first-order chi connectivity index (χ1) is 8.76. The Balaban J connectivity index is 2.39. The predicted octanol–water partition coefficient (Wildman–Crippen LogP) is 2.18. The highest BCUT2D eigenvalue weighted by Crippen LogP contribution is 2.11. The zero-order chi connectivity index (χ0) is 13.2. The zero-order valence-corrected chi connectivity index (χ0v) is 11.3. The van der Waals surface area contributed by atoms with Crippen LogP contribution in [0.25, 0.3) is 6.08 Å². The molecule has 0 aliphatic rings. The Morgan fingerprint density at radius 1 is 1.39 bits per heavy atom. The number of nitrogens with one attached hydrogen (secondary N) is 2. The fourth-order valence-corrected chi connectivity index (χ4v) is 1.41. The summed E-state index contributed by atoms with van der Waals surface area (Å²) >= 11 is 4.95. The van der Waals surface area contributed by atoms with Crippen LogP contribution in [0.5, 0.6) is 5.75 Å². The van der Waals surface area contributed by atoms with Gasteiger partial charge in [0.25, 0.3) is 0 Å². The van der Waals surface area contributed by atoms with E-state index in [1.54, 1.807) is 13.3 Å². The number of rotatable bonds is 5. The third kappa shape index (κ3) is 5.45. The van der Waals surface area contributed by atoms with Gasteiger partial charge in [-0.3, -0.25) is 5.43 Å². The van der Waals surface area contributed by atoms with E-state index >= 15 is 0 Å². The van der Waals surface area contributed by atoms with Crippen molar-refractivity contribution in [2.75, 3.05) is 13.7 Å². The molecular weight excluding hydrogens is 246 g/mol. The molecule has 0 radical (unpaired) electrons. The molecule has 0 aliphatic heterocycles. The van der Waals surface area contributed by atoms with Crippen molar-refractivity contribution in [1.29, 1.82) is 0 Å². The summed E-state index contributed by atoms with van der Waals surface area (Å²) in [7, 11) is 1.65. The Bertz CT molecular complexity index is 426. The van der Waals surface area contributed by atoms with Crippen molar-refractivity contribution >= 4 is 29.6 Å². The van der Waals surface area contributed by atoms with Crippen LogP contribution >= 0.6 is 12.2 Å². The summed E-state index contributed by atoms with van der Waals surface area (Å²) in [5.41, 5.74) is 3.79. The molecule has 0 heterocycles. The molecule has 0 atom stereocenters. The molecule has 1 aromatic carbocycles. The van der Waals surface area contributed by atoms with E-state index in [2.05, 4.69) is 15.8 Å². The van der Waals surface area contributed by atoms with Gasteiger partial charge >= 0.3 is 0 Å². The van der Waals surface area contributed by atoms with Gasteiger partial charge in [0, 0.05) is 12.8 Å². The number of methoxy groups -OCH3 is 1. The van der Waals surface area contributed by atoms with Crippen LogP contribution < -0.4 is 15.5 Å². The Kier molecular flexibility index (Phi) is 6.50. The van der Waals surface area contributed by atoms with Crippen LogP contribution in [-0.4, -0.2) is 25.0 Å². The summed E-state index contributed by atoms with van der Waals surface area (Å²) in [6.45, 7) is 2.75. The number of allylic oxidation sites excluding steroid dienone is 1. The van der Waals surface area contributed by atoms with Gasteiger partial charge in [0.2, 0.25) is 0 Å². The number of benzene rings is 1. The maximum absolute atomic E-state index is 5.08. The van der Waals surface area contributed by atoms with Gasteiger partial charge in [0.1, 0.15) is 5.75 Å². The lowest BCUT2D eigenvalue weighted by Crippen LogP contribution is -2.31. The average Bonchev–Trinajstić information content (AvgIpc) is 2.39. The number of hydrogen-bond donors (Lipinski definition) is 2. The van der Waals surface area contributed by atoms with Crippen molar-refractivity contribution in [3.05, 3.63) is 35.9 Å². The first kappa shape index (κ1) is 14.2. The summed E-state index contributed by atoms with van der Waals surface area (Å²) in [4.78, 5) is 0. The van der Waals surface area contributed by atoms with E-state index in [0.29, 0.717) is 5.11 Å². The third-order valence-corrected chi connectivity index (χ3v) is 2.30. The van der Waals surface area contributed by atoms with Gasteiger partial charge in [-0.15, -0.1) is 0 Å². The van der Waals surface area contributed by atoms with Gasteiger partial charge in [-0.05, 0) is 42.9 Å². The van der Waals surface area contributed by atoms with Gasteiger partial charge < -0.3 is 10.1 Å². The minimum atomic E-state index is 0.520. The molecule has 0 unspecified atom stereocenters. The maximum Gasteiger partial charge on any atom is 0.186 e. The molecule has 0 saturated heterocycles. The van der Waals surface area contributed by atoms with E-state index in [0.717, 1.165) is 17.9 Å². The summed E-state index contributed by atoms with van der Waals surface area (Å²) in [6.07, 6.45) is 5.43. The second kappa shape index (κ2) is 8.25. The molecule has 0 aliphatic carbocycles. The summed E-state index contributed by atoms with van der Waals surface area (Å²) in [5, 5.41) is 7.40. The molecule has 1 aromatic rings. The van der Waals surface area contributed by atoms with Crippen molar-refractivity contribution in [2.24, 2.45) is 5.10 Å². The summed E-state index contributed by atoms with van der Waals surface area (Å²) in [6, 6.07) is 7.77. The van der Waals surface area contributed by atoms with Crippen molar-refractivity contribution < 1.29 is 4.74 Å². The smallest absolute Gasteiger partial charge is 0.186 e. The largest absolute Gasteiger partial charge is 0.497 e. The fraction of sp³-hybridized carbons (Fsp3) is 0.231. The second-order valence-electron chi connectivity index (χ2n) is 3.38. The molecule has 0 amide bonds. The lowest BCUT2D eigenvalue weighted by atomic mass is 10.2. The van der Waals surface area contributed by atoms with Gasteiger partial charge in [0.05, 0.1) is 7.11 Å². The second-order valence-corrected chi connectivity index (χ2v) is 3.79. The van der Waals surface area contributed by atoms with Crippen LogP contribution in [0, 0.1) is 0 Å². The molecule has 0 saturated carbocycles. The molecule has 18 heavy (non-hydrogen) atoms. The minimum absolute atomic E-state index is 0.520.